The van der Waals surface area contributed by atoms with Crippen molar-refractivity contribution in [1.29, 1.82) is 0 Å². The fraction of sp³-hybridized carbons (Fsp3) is 0.714. The van der Waals surface area contributed by atoms with Gasteiger partial charge >= 0.3 is 12.1 Å². The highest BCUT2D eigenvalue weighted by Crippen LogP contribution is 2.33. The van der Waals surface area contributed by atoms with Gasteiger partial charge in [0.15, 0.2) is 0 Å². The van der Waals surface area contributed by atoms with Crippen LogP contribution in [0.15, 0.2) is 0 Å². The van der Waals surface area contributed by atoms with Gasteiger partial charge < -0.3 is 10.4 Å². The van der Waals surface area contributed by atoms with E-state index in [0.717, 1.165) is 0 Å². The van der Waals surface area contributed by atoms with Gasteiger partial charge in [0, 0.05) is 6.54 Å². The van der Waals surface area contributed by atoms with Crippen LogP contribution in [0.2, 0.25) is 0 Å². The number of carboxylic acid groups (broad SMARTS) is 1. The molecule has 1 aliphatic rings. The van der Waals surface area contributed by atoms with Crippen LogP contribution in [-0.2, 0) is 9.59 Å². The number of hydrogen-bond donors (Lipinski definition) is 2. The van der Waals surface area contributed by atoms with Crippen LogP contribution < -0.4 is 5.32 Å². The molecule has 1 fully saturated rings. The molecule has 0 aromatic carbocycles. The summed E-state index contributed by atoms with van der Waals surface area (Å²) in [6.07, 6.45) is -5.13. The number of alkyl halides is 3. The molecule has 7 heteroatoms. The minimum atomic E-state index is -4.46. The molecule has 1 saturated heterocycles. The molecule has 0 aliphatic carbocycles. The number of piperidine rings is 1. The van der Waals surface area contributed by atoms with Crippen molar-refractivity contribution in [2.24, 2.45) is 11.8 Å². The molecule has 0 spiro atoms. The van der Waals surface area contributed by atoms with Crippen LogP contribution in [0.1, 0.15) is 6.42 Å². The van der Waals surface area contributed by atoms with Crippen molar-refractivity contribution in [1.82, 2.24) is 5.32 Å². The highest BCUT2D eigenvalue weighted by Gasteiger charge is 2.46. The minimum Gasteiger partial charge on any atom is -0.481 e. The fourth-order valence-electron chi connectivity index (χ4n) is 1.28. The van der Waals surface area contributed by atoms with Crippen molar-refractivity contribution in [3.8, 4) is 0 Å². The summed E-state index contributed by atoms with van der Waals surface area (Å²) < 4.78 is 36.5. The second-order valence-corrected chi connectivity index (χ2v) is 3.11. The number of halogens is 3. The van der Waals surface area contributed by atoms with Gasteiger partial charge in [0.1, 0.15) is 5.92 Å². The Labute approximate surface area is 77.1 Å². The van der Waals surface area contributed by atoms with Crippen molar-refractivity contribution >= 4 is 11.9 Å². The van der Waals surface area contributed by atoms with Crippen molar-refractivity contribution in [3.63, 3.8) is 0 Å². The van der Waals surface area contributed by atoms with Crippen molar-refractivity contribution in [3.05, 3.63) is 0 Å². The highest BCUT2D eigenvalue weighted by atomic mass is 19.4. The maximum Gasteiger partial charge on any atom is 0.393 e. The molecule has 4 nitrogen and oxygen atoms in total. The monoisotopic (exact) mass is 211 g/mol. The summed E-state index contributed by atoms with van der Waals surface area (Å²) in [5, 5.41) is 10.4. The number of amides is 1. The van der Waals surface area contributed by atoms with E-state index in [1.54, 1.807) is 0 Å². The Hall–Kier alpha value is -1.27. The molecule has 1 rings (SSSR count). The van der Waals surface area contributed by atoms with Crippen molar-refractivity contribution < 1.29 is 27.9 Å². The Balaban J connectivity index is 2.72. The molecule has 1 heterocycles. The van der Waals surface area contributed by atoms with Crippen LogP contribution in [-0.4, -0.2) is 29.7 Å². The van der Waals surface area contributed by atoms with E-state index in [9.17, 15) is 22.8 Å². The van der Waals surface area contributed by atoms with Crippen LogP contribution in [0.4, 0.5) is 13.2 Å². The lowest BCUT2D eigenvalue weighted by Crippen LogP contribution is -2.48. The molecule has 0 aromatic heterocycles. The van der Waals surface area contributed by atoms with Gasteiger partial charge in [0.25, 0.3) is 0 Å². The zero-order valence-electron chi connectivity index (χ0n) is 6.97. The van der Waals surface area contributed by atoms with E-state index in [1.807, 2.05) is 5.32 Å². The van der Waals surface area contributed by atoms with Gasteiger partial charge in [-0.1, -0.05) is 0 Å². The summed E-state index contributed by atoms with van der Waals surface area (Å²) in [5.41, 5.74) is 0. The lowest BCUT2D eigenvalue weighted by molar-refractivity contribution is -0.186. The van der Waals surface area contributed by atoms with Gasteiger partial charge in [0.2, 0.25) is 5.91 Å². The molecule has 14 heavy (non-hydrogen) atoms. The molecule has 80 valence electrons. The lowest BCUT2D eigenvalue weighted by atomic mass is 9.89. The third-order valence-corrected chi connectivity index (χ3v) is 2.12. The Morgan fingerprint density at radius 2 is 2.07 bits per heavy atom. The average Bonchev–Trinajstić information content (AvgIpc) is 2.02. The van der Waals surface area contributed by atoms with Gasteiger partial charge in [-0.25, -0.2) is 0 Å². The normalized spacial score (nSPS) is 28.4. The summed E-state index contributed by atoms with van der Waals surface area (Å²) in [6.45, 7) is -0.536. The fourth-order valence-corrected chi connectivity index (χ4v) is 1.28. The number of aliphatic carboxylic acids is 1. The topological polar surface area (TPSA) is 66.4 Å². The number of hydrogen-bond acceptors (Lipinski definition) is 2. The first-order valence-electron chi connectivity index (χ1n) is 3.89. The number of nitrogens with one attached hydrogen (secondary N) is 1. The molecular formula is C7H8F3NO3. The molecule has 0 radical (unpaired) electrons. The number of carbonyl (C=O) groups is 2. The second-order valence-electron chi connectivity index (χ2n) is 3.11. The molecular weight excluding hydrogens is 203 g/mol. The zero-order chi connectivity index (χ0) is 10.9. The van der Waals surface area contributed by atoms with Crippen LogP contribution in [0.25, 0.3) is 0 Å². The summed E-state index contributed by atoms with van der Waals surface area (Å²) >= 11 is 0. The Morgan fingerprint density at radius 3 is 2.50 bits per heavy atom. The van der Waals surface area contributed by atoms with Crippen LogP contribution in [0.3, 0.4) is 0 Å². The SMILES string of the molecule is O=C(O)[C@@H]1C[C@@H](C(F)(F)F)CNC1=O. The van der Waals surface area contributed by atoms with Crippen LogP contribution >= 0.6 is 0 Å². The summed E-state index contributed by atoms with van der Waals surface area (Å²) in [6, 6.07) is 0. The Kier molecular flexibility index (Phi) is 2.68. The van der Waals surface area contributed by atoms with E-state index in [-0.39, 0.29) is 0 Å². The molecule has 0 aromatic rings. The third-order valence-electron chi connectivity index (χ3n) is 2.12. The summed E-state index contributed by atoms with van der Waals surface area (Å²) in [5.74, 6) is -5.72. The van der Waals surface area contributed by atoms with Crippen molar-refractivity contribution in [2.75, 3.05) is 6.54 Å². The Morgan fingerprint density at radius 1 is 1.50 bits per heavy atom. The van der Waals surface area contributed by atoms with Crippen LogP contribution in [0.5, 0.6) is 0 Å². The predicted molar refractivity (Wildman–Crippen MR) is 38.3 cm³/mol. The van der Waals surface area contributed by atoms with E-state index in [1.165, 1.54) is 0 Å². The average molecular weight is 211 g/mol. The van der Waals surface area contributed by atoms with E-state index in [2.05, 4.69) is 0 Å². The maximum absolute atomic E-state index is 12.2. The first kappa shape index (κ1) is 10.8. The number of rotatable bonds is 1. The number of carboxylic acids is 1. The first-order chi connectivity index (χ1) is 6.32. The summed E-state index contributed by atoms with van der Waals surface area (Å²) in [7, 11) is 0. The molecule has 2 N–H and O–H groups in total. The Bertz CT molecular complexity index is 263. The smallest absolute Gasteiger partial charge is 0.393 e. The van der Waals surface area contributed by atoms with E-state index in [4.69, 9.17) is 5.11 Å². The van der Waals surface area contributed by atoms with E-state index in [0.29, 0.717) is 0 Å². The minimum absolute atomic E-state index is 0.536. The second kappa shape index (κ2) is 3.47. The zero-order valence-corrected chi connectivity index (χ0v) is 6.97. The highest BCUT2D eigenvalue weighted by molar-refractivity contribution is 5.97. The first-order valence-corrected chi connectivity index (χ1v) is 3.89. The molecule has 1 amide bonds. The lowest BCUT2D eigenvalue weighted by Gasteiger charge is -2.28. The quantitative estimate of drug-likeness (QED) is 0.616. The van der Waals surface area contributed by atoms with Gasteiger partial charge in [-0.15, -0.1) is 0 Å². The van der Waals surface area contributed by atoms with E-state index < -0.39 is 42.9 Å². The molecule has 0 bridgehead atoms. The summed E-state index contributed by atoms with van der Waals surface area (Å²) in [4.78, 5) is 21.3. The molecule has 2 atom stereocenters. The maximum atomic E-state index is 12.2. The van der Waals surface area contributed by atoms with Gasteiger partial charge in [-0.3, -0.25) is 9.59 Å². The predicted octanol–water partition coefficient (Wildman–Crippen LogP) is 0.386. The number of carbonyl (C=O) groups excluding carboxylic acids is 1. The molecule has 0 saturated carbocycles. The van der Waals surface area contributed by atoms with Gasteiger partial charge in [0.05, 0.1) is 5.92 Å². The van der Waals surface area contributed by atoms with Crippen LogP contribution in [0, 0.1) is 11.8 Å². The van der Waals surface area contributed by atoms with E-state index >= 15 is 0 Å². The standard InChI is InChI=1S/C7H8F3NO3/c8-7(9,10)3-1-4(6(13)14)5(12)11-2-3/h3-4H,1-2H2,(H,11,12)(H,13,14)/t3-,4-/m1/s1. The van der Waals surface area contributed by atoms with Gasteiger partial charge in [-0.2, -0.15) is 13.2 Å². The van der Waals surface area contributed by atoms with Gasteiger partial charge in [-0.05, 0) is 6.42 Å². The van der Waals surface area contributed by atoms with Crippen molar-refractivity contribution in [2.45, 2.75) is 12.6 Å². The molecule has 1 aliphatic heterocycles. The largest absolute Gasteiger partial charge is 0.481 e. The third kappa shape index (κ3) is 2.15. The molecule has 0 unspecified atom stereocenters.